The van der Waals surface area contributed by atoms with E-state index in [1.165, 1.54) is 27.7 Å². The maximum absolute atomic E-state index is 7.13. The summed E-state index contributed by atoms with van der Waals surface area (Å²) >= 11 is 3.36. The minimum atomic E-state index is -0.140. The SMILES string of the molecule is CSN1c2cc(C)c(C)cc2B2c3cc4c(cc3Oc3cc(Oc5ccccc5)cc1c32)N(SC)c1cc(Oc2ccccc2)cc2c1B4c1[nH]c3ccccc3c1O2. The Balaban J connectivity index is 1.10. The normalized spacial score (nSPS) is 13.7. The molecule has 284 valence electrons. The fourth-order valence-corrected chi connectivity index (χ4v) is 10.9. The second-order valence-corrected chi connectivity index (χ2v) is 16.9. The summed E-state index contributed by atoms with van der Waals surface area (Å²) in [5, 5.41) is 1.05. The van der Waals surface area contributed by atoms with E-state index in [2.05, 4.69) is 107 Å². The molecule has 12 rings (SSSR count). The van der Waals surface area contributed by atoms with E-state index in [1.807, 2.05) is 66.7 Å². The van der Waals surface area contributed by atoms with Crippen molar-refractivity contribution in [1.29, 1.82) is 0 Å². The van der Waals surface area contributed by atoms with Crippen LogP contribution in [0, 0.1) is 13.8 Å². The summed E-state index contributed by atoms with van der Waals surface area (Å²) in [5.41, 5.74) is 14.8. The van der Waals surface area contributed by atoms with Crippen molar-refractivity contribution in [1.82, 2.24) is 4.98 Å². The van der Waals surface area contributed by atoms with Crippen molar-refractivity contribution in [2.45, 2.75) is 13.8 Å². The molecular weight excluding hydrogens is 768 g/mol. The van der Waals surface area contributed by atoms with Gasteiger partial charge in [-0.25, -0.2) is 0 Å². The Morgan fingerprint density at radius 1 is 0.508 bits per heavy atom. The fraction of sp³-hybridized carbons (Fsp3) is 0.0833. The summed E-state index contributed by atoms with van der Waals surface area (Å²) in [6.45, 7) is 4.19. The molecule has 4 aliphatic rings. The van der Waals surface area contributed by atoms with Crippen molar-refractivity contribution in [3.63, 3.8) is 0 Å². The largest absolute Gasteiger partial charge is 0.458 e. The lowest BCUT2D eigenvalue weighted by atomic mass is 9.31. The summed E-state index contributed by atoms with van der Waals surface area (Å²) in [6, 6.07) is 46.1. The third-order valence-electron chi connectivity index (χ3n) is 12.1. The standard InChI is InChI=1S/C48H35B2N3O4S2/c1-27-19-34-38(20-28(27)2)52(58-3)40-21-31(54-29-13-7-5-8-14-29)23-43-45(40)49(34)36-25-35-39(26-42(36)56-43)53(59-4)41-22-32(55-30-15-9-6-10-16-30)24-44-46(41)50(35)48-47(57-44)33-17-11-12-18-37(33)51-48/h5-26,51H,1-4H3. The summed E-state index contributed by atoms with van der Waals surface area (Å²) in [6.07, 6.45) is 4.25. The Morgan fingerprint density at radius 2 is 1.07 bits per heavy atom. The summed E-state index contributed by atoms with van der Waals surface area (Å²) < 4.78 is 31.8. The van der Waals surface area contributed by atoms with Crippen molar-refractivity contribution >= 4 is 104 Å². The molecule has 8 aromatic rings. The molecule has 0 saturated carbocycles. The highest BCUT2D eigenvalue weighted by Gasteiger charge is 2.48. The van der Waals surface area contributed by atoms with Crippen molar-refractivity contribution in [2.75, 3.05) is 21.1 Å². The van der Waals surface area contributed by atoms with Crippen LogP contribution < -0.4 is 60.5 Å². The maximum atomic E-state index is 7.13. The molecule has 0 radical (unpaired) electrons. The molecular formula is C48H35B2N3O4S2. The highest BCUT2D eigenvalue weighted by molar-refractivity contribution is 8.00. The zero-order chi connectivity index (χ0) is 39.5. The minimum Gasteiger partial charge on any atom is -0.458 e. The monoisotopic (exact) mass is 803 g/mol. The predicted octanol–water partition coefficient (Wildman–Crippen LogP) is 9.07. The molecule has 11 heteroatoms. The van der Waals surface area contributed by atoms with Crippen molar-refractivity contribution < 1.29 is 18.9 Å². The van der Waals surface area contributed by atoms with Gasteiger partial charge < -0.3 is 23.9 Å². The van der Waals surface area contributed by atoms with Gasteiger partial charge in [-0.1, -0.05) is 60.7 Å². The number of nitrogens with zero attached hydrogens (tertiary/aromatic N) is 2. The van der Waals surface area contributed by atoms with E-state index >= 15 is 0 Å². The third kappa shape index (κ3) is 5.20. The quantitative estimate of drug-likeness (QED) is 0.132. The lowest BCUT2D eigenvalue weighted by molar-refractivity contribution is 0.463. The number of aromatic nitrogens is 1. The number of nitrogens with one attached hydrogen (secondary N) is 1. The van der Waals surface area contributed by atoms with Crippen LogP contribution in [0.2, 0.25) is 0 Å². The second-order valence-electron chi connectivity index (χ2n) is 15.4. The van der Waals surface area contributed by atoms with Gasteiger partial charge in [0.25, 0.3) is 13.4 Å². The predicted molar refractivity (Wildman–Crippen MR) is 247 cm³/mol. The topological polar surface area (TPSA) is 59.2 Å². The maximum Gasteiger partial charge on any atom is 0.276 e. The molecule has 0 bridgehead atoms. The highest BCUT2D eigenvalue weighted by atomic mass is 32.2. The Labute approximate surface area is 351 Å². The van der Waals surface area contributed by atoms with Gasteiger partial charge in [0.1, 0.15) is 46.0 Å². The zero-order valence-electron chi connectivity index (χ0n) is 32.7. The van der Waals surface area contributed by atoms with Crippen LogP contribution in [0.4, 0.5) is 22.7 Å². The second kappa shape index (κ2) is 13.1. The van der Waals surface area contributed by atoms with Gasteiger partial charge in [-0.15, -0.1) is 0 Å². The van der Waals surface area contributed by atoms with E-state index in [-0.39, 0.29) is 13.4 Å². The number of benzene rings is 7. The molecule has 0 spiro atoms. The van der Waals surface area contributed by atoms with Crippen molar-refractivity contribution in [3.05, 3.63) is 145 Å². The molecule has 0 saturated heterocycles. The van der Waals surface area contributed by atoms with Crippen LogP contribution in [-0.2, 0) is 0 Å². The first kappa shape index (κ1) is 34.7. The van der Waals surface area contributed by atoms with Gasteiger partial charge in [-0.2, -0.15) is 0 Å². The molecule has 0 unspecified atom stereocenters. The minimum absolute atomic E-state index is 0.0789. The van der Waals surface area contributed by atoms with Crippen LogP contribution in [0.15, 0.2) is 133 Å². The van der Waals surface area contributed by atoms with Gasteiger partial charge in [0.2, 0.25) is 0 Å². The third-order valence-corrected chi connectivity index (χ3v) is 13.6. The average Bonchev–Trinajstić information content (AvgIpc) is 3.62. The number of rotatable bonds is 6. The molecule has 7 nitrogen and oxygen atoms in total. The van der Waals surface area contributed by atoms with Gasteiger partial charge in [0, 0.05) is 65.0 Å². The first-order valence-corrected chi connectivity index (χ1v) is 22.1. The molecule has 0 fully saturated rings. The molecule has 59 heavy (non-hydrogen) atoms. The molecule has 5 heterocycles. The molecule has 1 aromatic heterocycles. The fourth-order valence-electron chi connectivity index (χ4n) is 9.45. The summed E-state index contributed by atoms with van der Waals surface area (Å²) in [5.74, 6) is 6.24. The molecule has 4 aliphatic heterocycles. The van der Waals surface area contributed by atoms with Crippen molar-refractivity contribution in [2.24, 2.45) is 0 Å². The number of hydrogen-bond acceptors (Lipinski definition) is 8. The van der Waals surface area contributed by atoms with Crippen LogP contribution in [0.5, 0.6) is 46.0 Å². The number of aryl methyl sites for hydroxylation is 2. The summed E-state index contributed by atoms with van der Waals surface area (Å²) in [4.78, 5) is 3.82. The number of anilines is 4. The van der Waals surface area contributed by atoms with E-state index in [4.69, 9.17) is 18.9 Å². The molecule has 1 N–H and O–H groups in total. The average molecular weight is 804 g/mol. The Bertz CT molecular complexity index is 3050. The van der Waals surface area contributed by atoms with Gasteiger partial charge in [0.05, 0.1) is 17.1 Å². The van der Waals surface area contributed by atoms with E-state index in [0.717, 1.165) is 90.2 Å². The smallest absolute Gasteiger partial charge is 0.276 e. The Morgan fingerprint density at radius 3 is 1.73 bits per heavy atom. The lowest BCUT2D eigenvalue weighted by Gasteiger charge is -2.42. The highest BCUT2D eigenvalue weighted by Crippen LogP contribution is 2.47. The van der Waals surface area contributed by atoms with E-state index in [9.17, 15) is 0 Å². The van der Waals surface area contributed by atoms with E-state index < -0.39 is 0 Å². The van der Waals surface area contributed by atoms with Crippen LogP contribution in [-0.4, -0.2) is 30.9 Å². The van der Waals surface area contributed by atoms with E-state index in [0.29, 0.717) is 5.75 Å². The Kier molecular flexibility index (Phi) is 7.72. The number of ether oxygens (including phenoxy) is 4. The van der Waals surface area contributed by atoms with Gasteiger partial charge in [-0.3, -0.25) is 8.61 Å². The number of aromatic amines is 1. The molecule has 0 atom stereocenters. The molecule has 0 amide bonds. The van der Waals surface area contributed by atoms with Gasteiger partial charge >= 0.3 is 0 Å². The van der Waals surface area contributed by atoms with Crippen molar-refractivity contribution in [3.8, 4) is 46.0 Å². The Hall–Kier alpha value is -6.29. The lowest BCUT2D eigenvalue weighted by Crippen LogP contribution is -2.63. The van der Waals surface area contributed by atoms with Gasteiger partial charge in [-0.05, 0) is 119 Å². The zero-order valence-corrected chi connectivity index (χ0v) is 34.3. The number of H-pyrrole nitrogens is 1. The number of para-hydroxylation sites is 3. The van der Waals surface area contributed by atoms with E-state index in [1.54, 1.807) is 23.9 Å². The van der Waals surface area contributed by atoms with Crippen LogP contribution >= 0.6 is 23.9 Å². The first-order valence-electron chi connectivity index (χ1n) is 19.7. The number of fused-ring (bicyclic) bond motifs is 10. The first-order chi connectivity index (χ1) is 28.9. The number of hydrogen-bond donors (Lipinski definition) is 1. The van der Waals surface area contributed by atoms with Crippen LogP contribution in [0.25, 0.3) is 10.9 Å². The molecule has 0 aliphatic carbocycles. The molecule has 7 aromatic carbocycles. The van der Waals surface area contributed by atoms with Crippen LogP contribution in [0.1, 0.15) is 11.1 Å². The van der Waals surface area contributed by atoms with Gasteiger partial charge in [0.15, 0.2) is 0 Å². The summed E-state index contributed by atoms with van der Waals surface area (Å²) in [7, 11) is 0. The van der Waals surface area contributed by atoms with Crippen LogP contribution in [0.3, 0.4) is 0 Å².